The van der Waals surface area contributed by atoms with Gasteiger partial charge in [0.25, 0.3) is 0 Å². The lowest BCUT2D eigenvalue weighted by Crippen LogP contribution is -1.94. The summed E-state index contributed by atoms with van der Waals surface area (Å²) in [7, 11) is 0. The average molecular weight is 377 g/mol. The van der Waals surface area contributed by atoms with E-state index in [1.54, 1.807) is 0 Å². The van der Waals surface area contributed by atoms with Gasteiger partial charge in [-0.2, -0.15) is 0 Å². The number of aldehydes is 1. The van der Waals surface area contributed by atoms with Crippen molar-refractivity contribution in [2.24, 2.45) is 0 Å². The summed E-state index contributed by atoms with van der Waals surface area (Å²) in [4.78, 5) is 15.3. The molecule has 0 amide bonds. The van der Waals surface area contributed by atoms with Crippen molar-refractivity contribution < 1.29 is 4.79 Å². The molecule has 1 aromatic heterocycles. The van der Waals surface area contributed by atoms with Gasteiger partial charge in [-0.15, -0.1) is 0 Å². The second-order valence-corrected chi connectivity index (χ2v) is 7.18. The summed E-state index contributed by atoms with van der Waals surface area (Å²) in [5.74, 6) is 0. The van der Waals surface area contributed by atoms with Crippen molar-refractivity contribution >= 4 is 28.3 Å². The van der Waals surface area contributed by atoms with Crippen LogP contribution in [-0.4, -0.2) is 11.3 Å². The third kappa shape index (κ3) is 3.70. The second-order valence-electron chi connectivity index (χ2n) is 7.18. The zero-order valence-corrected chi connectivity index (χ0v) is 16.6. The lowest BCUT2D eigenvalue weighted by Gasteiger charge is -2.13. The Bertz CT molecular complexity index is 1170. The summed E-state index contributed by atoms with van der Waals surface area (Å²) in [6, 6.07) is 28.8. The summed E-state index contributed by atoms with van der Waals surface area (Å²) in [5.41, 5.74) is 8.19. The molecule has 0 radical (unpaired) electrons. The van der Waals surface area contributed by atoms with E-state index in [-0.39, 0.29) is 0 Å². The predicted octanol–water partition coefficient (Wildman–Crippen LogP) is 6.58. The molecule has 0 bridgehead atoms. The number of aromatic amines is 1. The number of aromatic nitrogens is 1. The number of fused-ring (bicyclic) bond motifs is 1. The van der Waals surface area contributed by atoms with Crippen molar-refractivity contribution in [2.45, 2.75) is 13.8 Å². The molecule has 3 aromatic carbocycles. The highest BCUT2D eigenvalue weighted by Gasteiger charge is 2.15. The smallest absolute Gasteiger partial charge is 0.146 e. The maximum atomic E-state index is 11.8. The van der Waals surface area contributed by atoms with Crippen molar-refractivity contribution in [3.05, 3.63) is 119 Å². The molecule has 0 aliphatic rings. The Morgan fingerprint density at radius 1 is 0.793 bits per heavy atom. The van der Waals surface area contributed by atoms with E-state index >= 15 is 0 Å². The monoisotopic (exact) mass is 377 g/mol. The van der Waals surface area contributed by atoms with Gasteiger partial charge in [0.05, 0.1) is 0 Å². The first kappa shape index (κ1) is 18.7. The van der Waals surface area contributed by atoms with E-state index in [4.69, 9.17) is 0 Å². The molecule has 0 aliphatic heterocycles. The van der Waals surface area contributed by atoms with Crippen molar-refractivity contribution in [2.75, 3.05) is 0 Å². The van der Waals surface area contributed by atoms with Gasteiger partial charge >= 0.3 is 0 Å². The molecular weight excluding hydrogens is 354 g/mol. The molecule has 1 N–H and O–H groups in total. The molecule has 0 atom stereocenters. The van der Waals surface area contributed by atoms with E-state index in [1.807, 2.05) is 55.5 Å². The Kier molecular flexibility index (Phi) is 5.26. The fraction of sp³-hybridized carbons (Fsp3) is 0.0741. The minimum Gasteiger partial charge on any atom is -0.358 e. The molecule has 0 spiro atoms. The molecule has 4 rings (SSSR count). The van der Waals surface area contributed by atoms with Gasteiger partial charge in [0.2, 0.25) is 0 Å². The summed E-state index contributed by atoms with van der Waals surface area (Å²) >= 11 is 0. The van der Waals surface area contributed by atoms with Crippen molar-refractivity contribution in [3.8, 4) is 0 Å². The minimum absolute atomic E-state index is 0.710. The maximum absolute atomic E-state index is 11.8. The van der Waals surface area contributed by atoms with E-state index in [2.05, 4.69) is 54.4 Å². The molecule has 2 heteroatoms. The topological polar surface area (TPSA) is 32.9 Å². The van der Waals surface area contributed by atoms with E-state index in [0.29, 0.717) is 5.57 Å². The number of hydrogen-bond acceptors (Lipinski definition) is 1. The van der Waals surface area contributed by atoms with Gasteiger partial charge in [0, 0.05) is 22.2 Å². The first-order chi connectivity index (χ1) is 14.2. The van der Waals surface area contributed by atoms with Gasteiger partial charge < -0.3 is 4.98 Å². The predicted molar refractivity (Wildman–Crippen MR) is 122 cm³/mol. The highest BCUT2D eigenvalue weighted by Crippen LogP contribution is 2.35. The first-order valence-electron chi connectivity index (χ1n) is 9.75. The van der Waals surface area contributed by atoms with Gasteiger partial charge in [-0.3, -0.25) is 4.79 Å². The number of rotatable bonds is 5. The molecule has 142 valence electrons. The van der Waals surface area contributed by atoms with Gasteiger partial charge in [-0.1, -0.05) is 78.9 Å². The van der Waals surface area contributed by atoms with Crippen LogP contribution in [0.3, 0.4) is 0 Å². The third-order valence-electron chi connectivity index (χ3n) is 5.22. The number of hydrogen-bond donors (Lipinski definition) is 1. The number of benzene rings is 3. The normalized spacial score (nSPS) is 11.8. The Labute approximate surface area is 171 Å². The van der Waals surface area contributed by atoms with Gasteiger partial charge in [0.15, 0.2) is 0 Å². The van der Waals surface area contributed by atoms with E-state index < -0.39 is 0 Å². The third-order valence-corrected chi connectivity index (χ3v) is 5.22. The fourth-order valence-electron chi connectivity index (χ4n) is 3.78. The van der Waals surface area contributed by atoms with Gasteiger partial charge in [-0.25, -0.2) is 0 Å². The molecule has 2 nitrogen and oxygen atoms in total. The Morgan fingerprint density at radius 3 is 1.93 bits per heavy atom. The van der Waals surface area contributed by atoms with Crippen LogP contribution < -0.4 is 0 Å². The van der Waals surface area contributed by atoms with Crippen LogP contribution in [0.15, 0.2) is 96.6 Å². The first-order valence-corrected chi connectivity index (χ1v) is 9.75. The van der Waals surface area contributed by atoms with E-state index in [9.17, 15) is 4.79 Å². The molecule has 0 saturated carbocycles. The SMILES string of the molecule is C/C(C=O)=C(\C=C(c1ccccc1)c1ccccc1)c1c(C)[nH]c2ccccc12. The zero-order chi connectivity index (χ0) is 20.2. The largest absolute Gasteiger partial charge is 0.358 e. The minimum atomic E-state index is 0.710. The number of aryl methyl sites for hydroxylation is 1. The fourth-order valence-corrected chi connectivity index (χ4v) is 3.78. The lowest BCUT2D eigenvalue weighted by molar-refractivity contribution is -0.104. The molecule has 0 unspecified atom stereocenters. The number of allylic oxidation sites excluding steroid dienone is 3. The van der Waals surface area contributed by atoms with Crippen LogP contribution in [0.5, 0.6) is 0 Å². The summed E-state index contributed by atoms with van der Waals surface area (Å²) in [5, 5.41) is 1.12. The van der Waals surface area contributed by atoms with Crippen molar-refractivity contribution in [3.63, 3.8) is 0 Å². The van der Waals surface area contributed by atoms with Crippen molar-refractivity contribution in [1.82, 2.24) is 4.98 Å². The van der Waals surface area contributed by atoms with Crippen LogP contribution in [0, 0.1) is 6.92 Å². The van der Waals surface area contributed by atoms with Crippen LogP contribution >= 0.6 is 0 Å². The van der Waals surface area contributed by atoms with E-state index in [0.717, 1.165) is 50.7 Å². The Morgan fingerprint density at radius 2 is 1.34 bits per heavy atom. The number of carbonyl (C=O) groups is 1. The number of para-hydroxylation sites is 1. The Balaban J connectivity index is 2.01. The Hall–Kier alpha value is -3.65. The molecule has 0 aliphatic carbocycles. The summed E-state index contributed by atoms with van der Waals surface area (Å²) in [6.07, 6.45) is 3.09. The molecule has 1 heterocycles. The summed E-state index contributed by atoms with van der Waals surface area (Å²) in [6.45, 7) is 3.94. The number of nitrogens with one attached hydrogen (secondary N) is 1. The van der Waals surface area contributed by atoms with Gasteiger partial charge in [0.1, 0.15) is 6.29 Å². The zero-order valence-electron chi connectivity index (χ0n) is 16.6. The van der Waals surface area contributed by atoms with E-state index in [1.165, 1.54) is 0 Å². The van der Waals surface area contributed by atoms with Gasteiger partial charge in [-0.05, 0) is 53.8 Å². The standard InChI is InChI=1S/C27H23NO/c1-19(18-29)24(27-20(2)28-26-16-10-9-15-23(26)27)17-25(21-11-5-3-6-12-21)22-13-7-4-8-14-22/h3-18,28H,1-2H3/b24-19-. The maximum Gasteiger partial charge on any atom is 0.146 e. The van der Waals surface area contributed by atoms with Crippen LogP contribution in [0.25, 0.3) is 22.0 Å². The quantitative estimate of drug-likeness (QED) is 0.238. The second kappa shape index (κ2) is 8.15. The van der Waals surface area contributed by atoms with Crippen LogP contribution in [0.2, 0.25) is 0 Å². The lowest BCUT2D eigenvalue weighted by atomic mass is 9.91. The molecule has 0 saturated heterocycles. The number of H-pyrrole nitrogens is 1. The van der Waals surface area contributed by atoms with Crippen molar-refractivity contribution in [1.29, 1.82) is 0 Å². The molecule has 0 fully saturated rings. The average Bonchev–Trinajstić information content (AvgIpc) is 3.11. The summed E-state index contributed by atoms with van der Waals surface area (Å²) < 4.78 is 0. The van der Waals surface area contributed by atoms with Crippen LogP contribution in [0.4, 0.5) is 0 Å². The van der Waals surface area contributed by atoms with Crippen LogP contribution in [-0.2, 0) is 4.79 Å². The molecule has 29 heavy (non-hydrogen) atoms. The van der Waals surface area contributed by atoms with Crippen LogP contribution in [0.1, 0.15) is 29.3 Å². The molecular formula is C27H23NO. The number of carbonyl (C=O) groups excluding carboxylic acids is 1. The highest BCUT2D eigenvalue weighted by molar-refractivity contribution is 6.05. The molecule has 4 aromatic rings. The highest BCUT2D eigenvalue weighted by atomic mass is 16.1.